The Bertz CT molecular complexity index is 4640. The molecule has 7 aromatic carbocycles. The van der Waals surface area contributed by atoms with E-state index >= 15 is 0 Å². The number of hydrogen-bond donors (Lipinski definition) is 7. The van der Waals surface area contributed by atoms with Crippen LogP contribution in [0.4, 0.5) is 39.8 Å². The highest BCUT2D eigenvalue weighted by atomic mass is 35.5. The lowest BCUT2D eigenvalue weighted by atomic mass is 10.0. The Morgan fingerprint density at radius 3 is 0.823 bits per heavy atom. The van der Waals surface area contributed by atoms with Crippen LogP contribution in [0.3, 0.4) is 0 Å². The number of aliphatic carboxylic acids is 7. The van der Waals surface area contributed by atoms with Crippen molar-refractivity contribution in [3.63, 3.8) is 0 Å². The lowest BCUT2D eigenvalue weighted by Gasteiger charge is -2.24. The van der Waals surface area contributed by atoms with Crippen LogP contribution in [-0.2, 0) is 67.1 Å². The van der Waals surface area contributed by atoms with Crippen LogP contribution >= 0.6 is 58.0 Å². The monoisotopic (exact) mass is 1900 g/mol. The molecule has 0 saturated heterocycles. The standard InChI is InChI=1S/C17H24ClNO3.C16H23NO3.C15H21NO3.C14H18ClNO3.2C12H14ClNO3.C11H12ClNO3/c1-19(15-12-10-14(18)11-13-15)16(20)8-6-4-2-3-5-7-9-17(21)22;1-3-17(14-10-8-7-9-13(14)2)15(18)11-5-4-6-12-16(19)20;1-3-16(13-9-5-4-8-12(13)2)14(17)10-6-7-11-15(18)19;1-3-16(12-7-5-11(15)6-8-12)14(19)10(2)4-9-13(17)18;1-14(10-7-5-9(13)6-8-10)11(15)3-2-4-12(16)17;1-2-14(11(15)7-8-12(16)17)10-5-3-9(13)4-6-10;1-2-13(10(14)7-11(15)16)9-5-3-8(12)4-6-9/h10-13H,2-9H2,1H3,(H,21,22);7-10H,3-6,11-12H2,1-2H3,(H,19,20);4-5,8-9H,3,6-7,10-11H2,1-2H3,(H,18,19);5-8,10H,3-4,9H2,1-2H3,(H,17,18);5-8H,2-4H2,1H3,(H,16,17);3-6H,2,7-8H2,1H3,(H,16,17);3-6H,2,7H2,1H3,(H,15,16). The fourth-order valence-corrected chi connectivity index (χ4v) is 13.1. The van der Waals surface area contributed by atoms with E-state index in [1.54, 1.807) is 162 Å². The molecule has 0 saturated carbocycles. The SMILES string of the molecule is CCN(C(=O)C(C)CCC(=O)O)c1ccc(Cl)cc1.CCN(C(=O)CC(=O)O)c1ccc(Cl)cc1.CCN(C(=O)CCC(=O)O)c1ccc(Cl)cc1.CCN(C(=O)CCCCC(=O)O)c1ccccc1C.CCN(C(=O)CCCCCC(=O)O)c1ccccc1C.CN(C(=O)CCCC(=O)O)c1ccc(Cl)cc1.CN(C(=O)CCCCCCCCC(=O)O)c1ccc(Cl)cc1. The minimum Gasteiger partial charge on any atom is -0.481 e. The average Bonchev–Trinajstić information content (AvgIpc) is 0.929. The Morgan fingerprint density at radius 1 is 0.262 bits per heavy atom. The van der Waals surface area contributed by atoms with Gasteiger partial charge in [0.05, 0.1) is 6.42 Å². The fraction of sp³-hybridized carbons (Fsp3) is 0.423. The average molecular weight is 1900 g/mol. The zero-order valence-electron chi connectivity index (χ0n) is 75.8. The molecule has 0 aliphatic heterocycles. The second kappa shape index (κ2) is 66.9. The van der Waals surface area contributed by atoms with E-state index < -0.39 is 54.1 Å². The first-order valence-electron chi connectivity index (χ1n) is 43.1. The Morgan fingerprint density at radius 2 is 0.508 bits per heavy atom. The minimum absolute atomic E-state index is 0.00504. The van der Waals surface area contributed by atoms with Crippen molar-refractivity contribution in [3.05, 3.63) is 206 Å². The van der Waals surface area contributed by atoms with E-state index in [-0.39, 0.29) is 92.7 Å². The molecule has 7 aromatic rings. The maximum Gasteiger partial charge on any atom is 0.312 e. The van der Waals surface area contributed by atoms with E-state index in [1.165, 1.54) is 9.80 Å². The molecule has 0 aliphatic rings. The normalized spacial score (nSPS) is 10.4. The van der Waals surface area contributed by atoms with Gasteiger partial charge in [0.2, 0.25) is 41.4 Å². The van der Waals surface area contributed by atoms with E-state index in [2.05, 4.69) is 0 Å². The van der Waals surface area contributed by atoms with Crippen LogP contribution in [0, 0.1) is 19.8 Å². The van der Waals surface area contributed by atoms with Gasteiger partial charge in [-0.15, -0.1) is 0 Å². The second-order valence-corrected chi connectivity index (χ2v) is 31.8. The molecule has 7 rings (SSSR count). The number of hydrogen-bond acceptors (Lipinski definition) is 14. The van der Waals surface area contributed by atoms with Crippen LogP contribution in [0.25, 0.3) is 0 Å². The summed E-state index contributed by atoms with van der Waals surface area (Å²) < 4.78 is 0. The maximum atomic E-state index is 12.3. The fourth-order valence-electron chi connectivity index (χ4n) is 12.5. The molecule has 0 aliphatic carbocycles. The number of nitrogens with zero attached hydrogens (tertiary/aromatic N) is 7. The van der Waals surface area contributed by atoms with Gasteiger partial charge in [-0.05, 0) is 244 Å². The van der Waals surface area contributed by atoms with Crippen LogP contribution in [0.1, 0.15) is 213 Å². The van der Waals surface area contributed by atoms with Gasteiger partial charge in [-0.25, -0.2) is 0 Å². The minimum atomic E-state index is -1.13. The summed E-state index contributed by atoms with van der Waals surface area (Å²) >= 11 is 28.9. The van der Waals surface area contributed by atoms with Crippen LogP contribution in [-0.4, -0.2) is 166 Å². The van der Waals surface area contributed by atoms with Crippen molar-refractivity contribution >= 4 is 181 Å². The number of rotatable bonds is 45. The van der Waals surface area contributed by atoms with Gasteiger partial charge in [-0.1, -0.05) is 133 Å². The summed E-state index contributed by atoms with van der Waals surface area (Å²) in [6.45, 7) is 17.9. The quantitative estimate of drug-likeness (QED) is 0.0138. The number of benzene rings is 7. The van der Waals surface area contributed by atoms with E-state index in [9.17, 15) is 67.1 Å². The zero-order valence-corrected chi connectivity index (χ0v) is 79.6. The smallest absolute Gasteiger partial charge is 0.312 e. The van der Waals surface area contributed by atoms with Gasteiger partial charge in [0.25, 0.3) is 0 Å². The summed E-state index contributed by atoms with van der Waals surface area (Å²) in [5, 5.41) is 62.9. The summed E-state index contributed by atoms with van der Waals surface area (Å²) in [7, 11) is 3.43. The number of carboxylic acid groups (broad SMARTS) is 7. The number of unbranched alkanes of at least 4 members (excludes halogenated alkanes) is 8. The third-order valence-corrected chi connectivity index (χ3v) is 20.9. The number of halogens is 5. The largest absolute Gasteiger partial charge is 0.481 e. The first kappa shape index (κ1) is 117. The molecule has 0 bridgehead atoms. The highest BCUT2D eigenvalue weighted by molar-refractivity contribution is 6.32. The number of anilines is 7. The molecule has 1 atom stereocenters. The van der Waals surface area contributed by atoms with Crippen molar-refractivity contribution in [1.29, 1.82) is 0 Å². The molecule has 0 spiro atoms. The third-order valence-electron chi connectivity index (χ3n) is 19.6. The van der Waals surface area contributed by atoms with E-state index in [1.807, 2.05) is 102 Å². The van der Waals surface area contributed by atoms with Gasteiger partial charge in [0, 0.05) is 182 Å². The highest BCUT2D eigenvalue weighted by Crippen LogP contribution is 2.28. The first-order valence-corrected chi connectivity index (χ1v) is 45.0. The molecule has 130 heavy (non-hydrogen) atoms. The molecule has 710 valence electrons. The molecule has 0 aromatic heterocycles. The molecule has 28 nitrogen and oxygen atoms in total. The molecular weight excluding hydrogens is 1780 g/mol. The van der Waals surface area contributed by atoms with Crippen LogP contribution < -0.4 is 34.3 Å². The Balaban J connectivity index is 0.000000760. The number of carbonyl (C=O) groups is 14. The third kappa shape index (κ3) is 49.9. The zero-order chi connectivity index (χ0) is 97.8. The van der Waals surface area contributed by atoms with Crippen molar-refractivity contribution in [2.45, 2.75) is 216 Å². The molecule has 7 amide bonds. The van der Waals surface area contributed by atoms with Crippen molar-refractivity contribution < 1.29 is 103 Å². The van der Waals surface area contributed by atoms with Crippen LogP contribution in [0.15, 0.2) is 170 Å². The van der Waals surface area contributed by atoms with Crippen LogP contribution in [0.2, 0.25) is 25.1 Å². The lowest BCUT2D eigenvalue weighted by molar-refractivity contribution is -0.141. The molecule has 7 N–H and O–H groups in total. The van der Waals surface area contributed by atoms with Gasteiger partial charge in [-0.2, -0.15) is 0 Å². The second-order valence-electron chi connectivity index (χ2n) is 29.6. The summed E-state index contributed by atoms with van der Waals surface area (Å²) in [4.78, 5) is 168. The number of carboxylic acids is 7. The summed E-state index contributed by atoms with van der Waals surface area (Å²) in [5.41, 5.74) is 7.82. The van der Waals surface area contributed by atoms with Crippen LogP contribution in [0.5, 0.6) is 0 Å². The van der Waals surface area contributed by atoms with E-state index in [4.69, 9.17) is 93.8 Å². The van der Waals surface area contributed by atoms with Crippen molar-refractivity contribution in [3.8, 4) is 0 Å². The van der Waals surface area contributed by atoms with Crippen molar-refractivity contribution in [2.75, 3.05) is 81.1 Å². The number of aryl methyl sites for hydroxylation is 2. The number of carbonyl (C=O) groups excluding carboxylic acids is 7. The molecular formula is C97H126Cl5N7O21. The van der Waals surface area contributed by atoms with Gasteiger partial charge < -0.3 is 70.0 Å². The Labute approximate surface area is 788 Å². The predicted octanol–water partition coefficient (Wildman–Crippen LogP) is 21.4. The van der Waals surface area contributed by atoms with E-state index in [0.29, 0.717) is 115 Å². The van der Waals surface area contributed by atoms with Gasteiger partial charge >= 0.3 is 41.8 Å². The summed E-state index contributed by atoms with van der Waals surface area (Å²) in [5.74, 6) is -7.00. The molecule has 33 heteroatoms. The summed E-state index contributed by atoms with van der Waals surface area (Å²) in [6.07, 6.45) is 11.3. The Hall–Kier alpha value is -11.4. The predicted molar refractivity (Wildman–Crippen MR) is 515 cm³/mol. The highest BCUT2D eigenvalue weighted by Gasteiger charge is 2.24. The topological polar surface area (TPSA) is 403 Å². The van der Waals surface area contributed by atoms with Crippen molar-refractivity contribution in [2.24, 2.45) is 5.92 Å². The molecule has 0 fully saturated rings. The lowest BCUT2D eigenvalue weighted by Crippen LogP contribution is -2.35. The van der Waals surface area contributed by atoms with Gasteiger partial charge in [0.1, 0.15) is 6.42 Å². The maximum absolute atomic E-state index is 12.3. The van der Waals surface area contributed by atoms with E-state index in [0.717, 1.165) is 96.6 Å². The van der Waals surface area contributed by atoms with Crippen molar-refractivity contribution in [1.82, 2.24) is 0 Å². The van der Waals surface area contributed by atoms with Gasteiger partial charge in [0.15, 0.2) is 0 Å². The van der Waals surface area contributed by atoms with Gasteiger partial charge in [-0.3, -0.25) is 67.1 Å². The first-order chi connectivity index (χ1) is 61.7. The molecule has 1 unspecified atom stereocenters. The molecule has 0 radical (unpaired) electrons. The number of amides is 7. The molecule has 0 heterocycles. The number of para-hydroxylation sites is 2. The summed E-state index contributed by atoms with van der Waals surface area (Å²) in [6, 6.07) is 50.4. The Kier molecular flexibility index (Phi) is 60.0.